The molecular weight excluding hydrogens is 304 g/mol. The van der Waals surface area contributed by atoms with E-state index in [1.807, 2.05) is 23.5 Å². The van der Waals surface area contributed by atoms with Crippen LogP contribution in [0.4, 0.5) is 0 Å². The number of benzene rings is 1. The molecule has 23 heavy (non-hydrogen) atoms. The fraction of sp³-hybridized carbons (Fsp3) is 0.368. The molecule has 1 aliphatic carbocycles. The molecule has 0 bridgehead atoms. The maximum atomic E-state index is 12.1. The van der Waals surface area contributed by atoms with Crippen LogP contribution in [0.15, 0.2) is 48.8 Å². The van der Waals surface area contributed by atoms with Crippen molar-refractivity contribution in [2.24, 2.45) is 5.92 Å². The highest BCUT2D eigenvalue weighted by Gasteiger charge is 2.24. The lowest BCUT2D eigenvalue weighted by Crippen LogP contribution is -2.40. The van der Waals surface area contributed by atoms with E-state index in [-0.39, 0.29) is 0 Å². The van der Waals surface area contributed by atoms with E-state index in [0.29, 0.717) is 11.5 Å². The first-order chi connectivity index (χ1) is 11.0. The van der Waals surface area contributed by atoms with E-state index in [2.05, 4.69) is 26.6 Å². The summed E-state index contributed by atoms with van der Waals surface area (Å²) in [6.07, 6.45) is 4.91. The van der Waals surface area contributed by atoms with Gasteiger partial charge in [-0.1, -0.05) is 55.0 Å². The van der Waals surface area contributed by atoms with Crippen molar-refractivity contribution < 1.29 is 14.6 Å². The smallest absolute Gasteiger partial charge is 0.292 e. The van der Waals surface area contributed by atoms with Crippen molar-refractivity contribution in [3.8, 4) is 0 Å². The first kappa shape index (κ1) is 17.7. The van der Waals surface area contributed by atoms with E-state index in [1.165, 1.54) is 6.42 Å². The molecule has 1 atom stereocenters. The van der Waals surface area contributed by atoms with Crippen LogP contribution in [0, 0.1) is 12.0 Å². The normalized spacial score (nSPS) is 19.1. The van der Waals surface area contributed by atoms with E-state index in [4.69, 9.17) is 9.78 Å². The Kier molecular flexibility index (Phi) is 5.96. The number of carbonyl (C=O) groups excluding carboxylic acids is 1. The molecule has 123 valence electrons. The number of rotatable bonds is 6. The van der Waals surface area contributed by atoms with Gasteiger partial charge in [0.25, 0.3) is 0 Å². The molecule has 1 fully saturated rings. The second-order valence-corrected chi connectivity index (χ2v) is 10.4. The molecule has 1 radical (unpaired) electrons. The highest BCUT2D eigenvalue weighted by atomic mass is 28.3. The Morgan fingerprint density at radius 3 is 2.48 bits per heavy atom. The summed E-state index contributed by atoms with van der Waals surface area (Å²) in [7, 11) is -1.84. The van der Waals surface area contributed by atoms with Gasteiger partial charge in [-0.2, -0.15) is 4.89 Å². The lowest BCUT2D eigenvalue weighted by molar-refractivity contribution is -0.241. The fourth-order valence-corrected chi connectivity index (χ4v) is 4.27. The molecule has 0 spiro atoms. The van der Waals surface area contributed by atoms with Crippen molar-refractivity contribution in [1.82, 2.24) is 0 Å². The highest BCUT2D eigenvalue weighted by molar-refractivity contribution is 6.98. The number of hydrogen-bond acceptors (Lipinski definition) is 3. The SMILES string of the molecule is C=C[Si](C)(C=C)c1ccc(C(=O)OO[C]2CCCC(C)C2)cc1. The summed E-state index contributed by atoms with van der Waals surface area (Å²) in [5.41, 5.74) is 4.43. The van der Waals surface area contributed by atoms with Gasteiger partial charge in [0, 0.05) is 0 Å². The summed E-state index contributed by atoms with van der Waals surface area (Å²) in [6.45, 7) is 12.1. The van der Waals surface area contributed by atoms with E-state index in [0.717, 1.165) is 30.6 Å². The van der Waals surface area contributed by atoms with Crippen LogP contribution < -0.4 is 5.19 Å². The van der Waals surface area contributed by atoms with Crippen LogP contribution >= 0.6 is 0 Å². The standard InChI is InChI=1S/C19H25O3Si/c1-5-23(4,6-2)18-12-10-16(11-13-18)19(20)22-21-17-9-7-8-15(3)14-17/h5-6,10-13,15H,1-2,7-9,14H2,3-4H3. The molecule has 2 rings (SSSR count). The molecule has 0 aliphatic heterocycles. The van der Waals surface area contributed by atoms with Gasteiger partial charge in [-0.15, -0.1) is 13.2 Å². The van der Waals surface area contributed by atoms with Crippen LogP contribution in [0.2, 0.25) is 6.55 Å². The lowest BCUT2D eigenvalue weighted by atomic mass is 9.89. The molecule has 0 amide bonds. The Morgan fingerprint density at radius 2 is 1.91 bits per heavy atom. The summed E-state index contributed by atoms with van der Waals surface area (Å²) in [6, 6.07) is 7.44. The van der Waals surface area contributed by atoms with Gasteiger partial charge in [-0.25, -0.2) is 4.79 Å². The van der Waals surface area contributed by atoms with Gasteiger partial charge < -0.3 is 0 Å². The van der Waals surface area contributed by atoms with E-state index >= 15 is 0 Å². The molecule has 1 saturated carbocycles. The van der Waals surface area contributed by atoms with E-state index < -0.39 is 14.0 Å². The van der Waals surface area contributed by atoms with Gasteiger partial charge in [0.1, 0.15) is 14.2 Å². The third-order valence-electron chi connectivity index (χ3n) is 4.55. The third-order valence-corrected chi connectivity index (χ3v) is 7.83. The minimum atomic E-state index is -1.84. The van der Waals surface area contributed by atoms with Gasteiger partial charge in [-0.05, 0) is 30.9 Å². The molecule has 0 saturated heterocycles. The zero-order chi connectivity index (χ0) is 16.9. The molecule has 1 aliphatic rings. The van der Waals surface area contributed by atoms with Crippen LogP contribution in [0.5, 0.6) is 0 Å². The predicted molar refractivity (Wildman–Crippen MR) is 95.5 cm³/mol. The van der Waals surface area contributed by atoms with Gasteiger partial charge in [0.15, 0.2) is 0 Å². The van der Waals surface area contributed by atoms with E-state index in [1.54, 1.807) is 12.1 Å². The van der Waals surface area contributed by atoms with Crippen molar-refractivity contribution in [2.45, 2.75) is 39.2 Å². The summed E-state index contributed by atoms with van der Waals surface area (Å²) in [5.74, 6) is 0.139. The van der Waals surface area contributed by atoms with Crippen LogP contribution in [-0.2, 0) is 9.78 Å². The van der Waals surface area contributed by atoms with Crippen molar-refractivity contribution in [3.05, 3.63) is 60.5 Å². The predicted octanol–water partition coefficient (Wildman–Crippen LogP) is 4.25. The minimum Gasteiger partial charge on any atom is -0.292 e. The maximum Gasteiger partial charge on any atom is 0.373 e. The van der Waals surface area contributed by atoms with Gasteiger partial charge >= 0.3 is 5.97 Å². The Bertz CT molecular complexity index is 556. The third kappa shape index (κ3) is 4.42. The Balaban J connectivity index is 1.95. The fourth-order valence-electron chi connectivity index (χ4n) is 2.75. The van der Waals surface area contributed by atoms with Crippen LogP contribution in [-0.4, -0.2) is 14.0 Å². The lowest BCUT2D eigenvalue weighted by Gasteiger charge is -2.24. The first-order valence-corrected chi connectivity index (χ1v) is 10.7. The number of carbonyl (C=O) groups is 1. The van der Waals surface area contributed by atoms with Crippen molar-refractivity contribution in [1.29, 1.82) is 0 Å². The molecule has 1 unspecified atom stereocenters. The average Bonchev–Trinajstić information content (AvgIpc) is 2.59. The molecule has 0 N–H and O–H groups in total. The van der Waals surface area contributed by atoms with Gasteiger partial charge in [0.2, 0.25) is 0 Å². The Morgan fingerprint density at radius 1 is 1.26 bits per heavy atom. The highest BCUT2D eigenvalue weighted by Crippen LogP contribution is 2.31. The second kappa shape index (κ2) is 7.75. The van der Waals surface area contributed by atoms with Crippen molar-refractivity contribution in [2.75, 3.05) is 0 Å². The van der Waals surface area contributed by atoms with Gasteiger partial charge in [-0.3, -0.25) is 4.89 Å². The Labute approximate surface area is 139 Å². The second-order valence-electron chi connectivity index (χ2n) is 6.46. The summed E-state index contributed by atoms with van der Waals surface area (Å²) in [4.78, 5) is 22.3. The molecular formula is C19H25O3Si. The Hall–Kier alpha value is -1.65. The average molecular weight is 329 g/mol. The quantitative estimate of drug-likeness (QED) is 0.444. The maximum absolute atomic E-state index is 12.1. The van der Waals surface area contributed by atoms with Crippen molar-refractivity contribution >= 4 is 19.2 Å². The van der Waals surface area contributed by atoms with Crippen molar-refractivity contribution in [3.63, 3.8) is 0 Å². The molecule has 1 aromatic carbocycles. The van der Waals surface area contributed by atoms with Crippen LogP contribution in [0.3, 0.4) is 0 Å². The zero-order valence-corrected chi connectivity index (χ0v) is 15.0. The topological polar surface area (TPSA) is 35.5 Å². The van der Waals surface area contributed by atoms with Gasteiger partial charge in [0.05, 0.1) is 5.56 Å². The number of hydrogen-bond donors (Lipinski definition) is 0. The molecule has 0 aromatic heterocycles. The first-order valence-electron chi connectivity index (χ1n) is 8.10. The van der Waals surface area contributed by atoms with Crippen LogP contribution in [0.1, 0.15) is 43.0 Å². The molecule has 0 heterocycles. The molecule has 3 nitrogen and oxygen atoms in total. The molecule has 1 aromatic rings. The largest absolute Gasteiger partial charge is 0.373 e. The molecule has 4 heteroatoms. The van der Waals surface area contributed by atoms with Crippen LogP contribution in [0.25, 0.3) is 0 Å². The zero-order valence-electron chi connectivity index (χ0n) is 14.0. The monoisotopic (exact) mass is 329 g/mol. The van der Waals surface area contributed by atoms with E-state index in [9.17, 15) is 4.79 Å². The summed E-state index contributed by atoms with van der Waals surface area (Å²) >= 11 is 0. The summed E-state index contributed by atoms with van der Waals surface area (Å²) in [5, 5.41) is 1.16. The minimum absolute atomic E-state index is 0.456. The summed E-state index contributed by atoms with van der Waals surface area (Å²) < 4.78 is 0.